The lowest BCUT2D eigenvalue weighted by molar-refractivity contribution is 0.0330. The summed E-state index contributed by atoms with van der Waals surface area (Å²) in [6.07, 6.45) is 8.18. The van der Waals surface area contributed by atoms with Crippen LogP contribution in [0.4, 0.5) is 4.79 Å². The van der Waals surface area contributed by atoms with E-state index in [1.54, 1.807) is 4.90 Å². The van der Waals surface area contributed by atoms with Crippen LogP contribution >= 0.6 is 0 Å². The lowest BCUT2D eigenvalue weighted by atomic mass is 10.1. The first kappa shape index (κ1) is 12.1. The molecular formula is C12H21NO2. The largest absolute Gasteiger partial charge is 0.443 e. The Hall–Kier alpha value is -0.990. The van der Waals surface area contributed by atoms with Crippen LogP contribution in [0.1, 0.15) is 46.5 Å². The van der Waals surface area contributed by atoms with Crippen molar-refractivity contribution in [2.24, 2.45) is 0 Å². The van der Waals surface area contributed by atoms with Gasteiger partial charge in [0.05, 0.1) is 0 Å². The minimum absolute atomic E-state index is 0.236. The van der Waals surface area contributed by atoms with Gasteiger partial charge >= 0.3 is 6.09 Å². The number of carbonyl (C=O) groups excluding carboxylic acids is 1. The van der Waals surface area contributed by atoms with Crippen molar-refractivity contribution in [3.63, 3.8) is 0 Å². The van der Waals surface area contributed by atoms with E-state index in [0.29, 0.717) is 0 Å². The maximum Gasteiger partial charge on any atom is 0.414 e. The Bertz CT molecular complexity index is 240. The number of nitrogens with zero attached hydrogens (tertiary/aromatic N) is 1. The average molecular weight is 211 g/mol. The first-order chi connectivity index (χ1) is 6.99. The molecule has 0 aromatic rings. The van der Waals surface area contributed by atoms with Crippen LogP contribution in [0.3, 0.4) is 0 Å². The number of rotatable bonds is 0. The summed E-state index contributed by atoms with van der Waals surface area (Å²) in [7, 11) is 0. The Kier molecular flexibility index (Phi) is 4.18. The van der Waals surface area contributed by atoms with Crippen LogP contribution in [0.2, 0.25) is 0 Å². The van der Waals surface area contributed by atoms with Gasteiger partial charge in [-0.3, -0.25) is 4.90 Å². The lowest BCUT2D eigenvalue weighted by Gasteiger charge is -2.25. The highest BCUT2D eigenvalue weighted by Crippen LogP contribution is 2.13. The molecule has 0 spiro atoms. The lowest BCUT2D eigenvalue weighted by Crippen LogP contribution is -2.34. The predicted molar refractivity (Wildman–Crippen MR) is 60.5 cm³/mol. The van der Waals surface area contributed by atoms with Gasteiger partial charge in [0.2, 0.25) is 0 Å². The van der Waals surface area contributed by atoms with Crippen molar-refractivity contribution < 1.29 is 9.53 Å². The third-order valence-electron chi connectivity index (χ3n) is 2.18. The normalized spacial score (nSPS) is 20.3. The van der Waals surface area contributed by atoms with E-state index in [2.05, 4.69) is 0 Å². The van der Waals surface area contributed by atoms with E-state index in [-0.39, 0.29) is 6.09 Å². The molecule has 0 aromatic carbocycles. The molecule has 1 rings (SSSR count). The minimum Gasteiger partial charge on any atom is -0.443 e. The third kappa shape index (κ3) is 4.86. The number of allylic oxidation sites excluding steroid dienone is 1. The van der Waals surface area contributed by atoms with Crippen LogP contribution in [0.15, 0.2) is 12.3 Å². The van der Waals surface area contributed by atoms with Crippen molar-refractivity contribution in [2.45, 2.75) is 52.1 Å². The number of ether oxygens (including phenoxy) is 1. The summed E-state index contributed by atoms with van der Waals surface area (Å²) in [5.74, 6) is 0. The van der Waals surface area contributed by atoms with Gasteiger partial charge in [-0.15, -0.1) is 0 Å². The van der Waals surface area contributed by atoms with Gasteiger partial charge in [-0.1, -0.05) is 12.5 Å². The fourth-order valence-electron chi connectivity index (χ4n) is 1.47. The van der Waals surface area contributed by atoms with E-state index < -0.39 is 5.60 Å². The highest BCUT2D eigenvalue weighted by Gasteiger charge is 2.20. The maximum atomic E-state index is 11.7. The molecule has 0 N–H and O–H groups in total. The monoisotopic (exact) mass is 211 g/mol. The second-order valence-corrected chi connectivity index (χ2v) is 4.91. The highest BCUT2D eigenvalue weighted by molar-refractivity contribution is 5.69. The molecule has 0 fully saturated rings. The zero-order valence-corrected chi connectivity index (χ0v) is 9.95. The Morgan fingerprint density at radius 3 is 2.67 bits per heavy atom. The summed E-state index contributed by atoms with van der Waals surface area (Å²) in [6, 6.07) is 0. The van der Waals surface area contributed by atoms with Gasteiger partial charge in [-0.05, 0) is 40.0 Å². The number of carbonyl (C=O) groups is 1. The molecule has 0 unspecified atom stereocenters. The summed E-state index contributed by atoms with van der Waals surface area (Å²) < 4.78 is 5.31. The van der Waals surface area contributed by atoms with E-state index in [0.717, 1.165) is 19.4 Å². The minimum atomic E-state index is -0.409. The summed E-state index contributed by atoms with van der Waals surface area (Å²) in [5.41, 5.74) is -0.409. The van der Waals surface area contributed by atoms with Gasteiger partial charge < -0.3 is 4.74 Å². The van der Waals surface area contributed by atoms with Crippen LogP contribution in [0, 0.1) is 0 Å². The molecule has 1 heterocycles. The van der Waals surface area contributed by atoms with E-state index in [4.69, 9.17) is 4.74 Å². The molecule has 0 radical (unpaired) electrons. The zero-order chi connectivity index (χ0) is 11.3. The average Bonchev–Trinajstić information content (AvgIpc) is 1.98. The third-order valence-corrected chi connectivity index (χ3v) is 2.18. The Balaban J connectivity index is 2.52. The molecule has 0 aliphatic carbocycles. The van der Waals surface area contributed by atoms with E-state index in [1.165, 1.54) is 12.8 Å². The van der Waals surface area contributed by atoms with Crippen molar-refractivity contribution in [1.82, 2.24) is 4.90 Å². The Morgan fingerprint density at radius 1 is 1.27 bits per heavy atom. The van der Waals surface area contributed by atoms with Crippen molar-refractivity contribution in [1.29, 1.82) is 0 Å². The zero-order valence-electron chi connectivity index (χ0n) is 9.95. The summed E-state index contributed by atoms with van der Waals surface area (Å²) in [6.45, 7) is 6.43. The van der Waals surface area contributed by atoms with E-state index in [9.17, 15) is 4.79 Å². The molecule has 86 valence electrons. The number of hydrogen-bond acceptors (Lipinski definition) is 2. The maximum absolute atomic E-state index is 11.7. The van der Waals surface area contributed by atoms with Crippen LogP contribution in [0.5, 0.6) is 0 Å². The first-order valence-electron chi connectivity index (χ1n) is 5.65. The first-order valence-corrected chi connectivity index (χ1v) is 5.65. The molecular weight excluding hydrogens is 190 g/mol. The standard InChI is InChI=1S/C12H21NO2/c1-12(2,3)15-11(14)13-9-7-5-4-6-8-10-13/h7,9H,4-6,8,10H2,1-3H3/b9-7-. The smallest absolute Gasteiger partial charge is 0.414 e. The van der Waals surface area contributed by atoms with E-state index >= 15 is 0 Å². The molecule has 1 aliphatic heterocycles. The Labute approximate surface area is 92.1 Å². The number of hydrogen-bond donors (Lipinski definition) is 0. The second kappa shape index (κ2) is 5.19. The fourth-order valence-corrected chi connectivity index (χ4v) is 1.47. The van der Waals surface area contributed by atoms with Crippen molar-refractivity contribution >= 4 is 6.09 Å². The van der Waals surface area contributed by atoms with Crippen LogP contribution in [-0.4, -0.2) is 23.1 Å². The van der Waals surface area contributed by atoms with Crippen LogP contribution in [0.25, 0.3) is 0 Å². The molecule has 0 saturated heterocycles. The molecule has 1 aliphatic rings. The molecule has 0 bridgehead atoms. The van der Waals surface area contributed by atoms with Crippen molar-refractivity contribution in [3.8, 4) is 0 Å². The fraction of sp³-hybridized carbons (Fsp3) is 0.750. The molecule has 0 atom stereocenters. The van der Waals surface area contributed by atoms with Crippen LogP contribution < -0.4 is 0 Å². The predicted octanol–water partition coefficient (Wildman–Crippen LogP) is 3.31. The van der Waals surface area contributed by atoms with Crippen molar-refractivity contribution in [2.75, 3.05) is 6.54 Å². The molecule has 3 nitrogen and oxygen atoms in total. The molecule has 1 amide bonds. The Morgan fingerprint density at radius 2 is 2.00 bits per heavy atom. The number of amides is 1. The summed E-state index contributed by atoms with van der Waals surface area (Å²) >= 11 is 0. The SMILES string of the molecule is CC(C)(C)OC(=O)N1/C=C\CCCCC1. The van der Waals surface area contributed by atoms with Gasteiger partial charge in [0.25, 0.3) is 0 Å². The van der Waals surface area contributed by atoms with Gasteiger partial charge in [0.15, 0.2) is 0 Å². The molecule has 0 saturated carbocycles. The van der Waals surface area contributed by atoms with Gasteiger partial charge in [-0.2, -0.15) is 0 Å². The molecule has 0 aromatic heterocycles. The molecule has 15 heavy (non-hydrogen) atoms. The summed E-state index contributed by atoms with van der Waals surface area (Å²) in [5, 5.41) is 0. The van der Waals surface area contributed by atoms with Gasteiger partial charge in [-0.25, -0.2) is 4.79 Å². The van der Waals surface area contributed by atoms with E-state index in [1.807, 2.05) is 33.0 Å². The topological polar surface area (TPSA) is 29.5 Å². The van der Waals surface area contributed by atoms with Gasteiger partial charge in [0, 0.05) is 12.7 Å². The quantitative estimate of drug-likeness (QED) is 0.615. The summed E-state index contributed by atoms with van der Waals surface area (Å²) in [4.78, 5) is 13.4. The van der Waals surface area contributed by atoms with Crippen LogP contribution in [-0.2, 0) is 4.74 Å². The molecule has 3 heteroatoms. The van der Waals surface area contributed by atoms with Gasteiger partial charge in [0.1, 0.15) is 5.60 Å². The second-order valence-electron chi connectivity index (χ2n) is 4.91. The highest BCUT2D eigenvalue weighted by atomic mass is 16.6. The van der Waals surface area contributed by atoms with Crippen molar-refractivity contribution in [3.05, 3.63) is 12.3 Å².